The molecule has 1 aromatic carbocycles. The first-order chi connectivity index (χ1) is 11.8. The number of hydrogen-bond donors (Lipinski definition) is 1. The Morgan fingerprint density at radius 1 is 1.17 bits per heavy atom. The third-order valence-corrected chi connectivity index (χ3v) is 4.09. The van der Waals surface area contributed by atoms with Crippen LogP contribution in [-0.2, 0) is 4.74 Å². The fourth-order valence-electron chi connectivity index (χ4n) is 2.87. The van der Waals surface area contributed by atoms with Gasteiger partial charge in [0.15, 0.2) is 17.0 Å². The van der Waals surface area contributed by atoms with Crippen molar-refractivity contribution < 1.29 is 9.53 Å². The fourth-order valence-corrected chi connectivity index (χ4v) is 2.87. The van der Waals surface area contributed by atoms with Crippen LogP contribution in [0.2, 0.25) is 0 Å². The summed E-state index contributed by atoms with van der Waals surface area (Å²) in [6, 6.07) is 9.01. The number of nitrogens with zero attached hydrogens (tertiary/aromatic N) is 4. The van der Waals surface area contributed by atoms with Crippen molar-refractivity contribution in [2.24, 2.45) is 0 Å². The van der Waals surface area contributed by atoms with E-state index in [2.05, 4.69) is 20.3 Å². The first-order valence-corrected chi connectivity index (χ1v) is 7.98. The van der Waals surface area contributed by atoms with E-state index in [1.54, 1.807) is 18.5 Å². The third kappa shape index (κ3) is 2.74. The van der Waals surface area contributed by atoms with Gasteiger partial charge in [0.2, 0.25) is 0 Å². The van der Waals surface area contributed by atoms with Crippen molar-refractivity contribution in [2.45, 2.75) is 25.5 Å². The van der Waals surface area contributed by atoms with Gasteiger partial charge in [0.1, 0.15) is 12.6 Å². The predicted octanol–water partition coefficient (Wildman–Crippen LogP) is 2.78. The molecule has 4 rings (SSSR count). The average Bonchev–Trinajstić information content (AvgIpc) is 3.08. The Morgan fingerprint density at radius 2 is 2.04 bits per heavy atom. The second-order valence-corrected chi connectivity index (χ2v) is 5.69. The van der Waals surface area contributed by atoms with Crippen LogP contribution >= 0.6 is 0 Å². The standard InChI is InChI=1S/C17H17N5O2/c23-17(12-6-2-1-3-7-12)21-15-14-16(19-10-18-15)22(11-20-14)13-8-4-5-9-24-13/h1-3,6-7,10-11,13H,4-5,8-9H2,(H,18,19,21,23). The van der Waals surface area contributed by atoms with Gasteiger partial charge in [0.05, 0.1) is 6.33 Å². The minimum absolute atomic E-state index is 0.0590. The Hall–Kier alpha value is -2.80. The number of carbonyl (C=O) groups is 1. The molecule has 1 amide bonds. The highest BCUT2D eigenvalue weighted by molar-refractivity contribution is 6.06. The lowest BCUT2D eigenvalue weighted by molar-refractivity contribution is -0.0298. The highest BCUT2D eigenvalue weighted by Crippen LogP contribution is 2.27. The van der Waals surface area contributed by atoms with E-state index in [0.717, 1.165) is 25.9 Å². The van der Waals surface area contributed by atoms with Crippen molar-refractivity contribution in [2.75, 3.05) is 11.9 Å². The zero-order valence-electron chi connectivity index (χ0n) is 13.1. The second-order valence-electron chi connectivity index (χ2n) is 5.69. The van der Waals surface area contributed by atoms with Crippen LogP contribution in [0, 0.1) is 0 Å². The van der Waals surface area contributed by atoms with Gasteiger partial charge in [-0.2, -0.15) is 0 Å². The Bertz CT molecular complexity index is 856. The molecule has 2 aromatic heterocycles. The van der Waals surface area contributed by atoms with Crippen molar-refractivity contribution in [1.82, 2.24) is 19.5 Å². The summed E-state index contributed by atoms with van der Waals surface area (Å²) in [5, 5.41) is 2.81. The molecule has 0 aliphatic carbocycles. The second kappa shape index (κ2) is 6.37. The lowest BCUT2D eigenvalue weighted by Gasteiger charge is -2.23. The molecule has 1 atom stereocenters. The van der Waals surface area contributed by atoms with E-state index in [1.807, 2.05) is 22.8 Å². The Labute approximate surface area is 138 Å². The minimum atomic E-state index is -0.223. The van der Waals surface area contributed by atoms with Crippen LogP contribution in [0.5, 0.6) is 0 Å². The van der Waals surface area contributed by atoms with Crippen LogP contribution in [0.3, 0.4) is 0 Å². The summed E-state index contributed by atoms with van der Waals surface area (Å²) >= 11 is 0. The maximum absolute atomic E-state index is 12.3. The van der Waals surface area contributed by atoms with Crippen LogP contribution in [0.4, 0.5) is 5.82 Å². The van der Waals surface area contributed by atoms with Crippen LogP contribution in [0.25, 0.3) is 11.2 Å². The van der Waals surface area contributed by atoms with Gasteiger partial charge in [0, 0.05) is 12.2 Å². The first-order valence-electron chi connectivity index (χ1n) is 7.98. The smallest absolute Gasteiger partial charge is 0.256 e. The van der Waals surface area contributed by atoms with Crippen molar-refractivity contribution in [3.63, 3.8) is 0 Å². The molecule has 7 heteroatoms. The highest BCUT2D eigenvalue weighted by atomic mass is 16.5. The van der Waals surface area contributed by atoms with Gasteiger partial charge in [-0.3, -0.25) is 9.36 Å². The van der Waals surface area contributed by atoms with Gasteiger partial charge in [-0.25, -0.2) is 15.0 Å². The molecule has 1 unspecified atom stereocenters. The van der Waals surface area contributed by atoms with Crippen molar-refractivity contribution in [1.29, 1.82) is 0 Å². The Kier molecular flexibility index (Phi) is 3.92. The molecule has 1 saturated heterocycles. The summed E-state index contributed by atoms with van der Waals surface area (Å²) in [5.74, 6) is 0.183. The summed E-state index contributed by atoms with van der Waals surface area (Å²) < 4.78 is 7.71. The molecule has 122 valence electrons. The van der Waals surface area contributed by atoms with E-state index < -0.39 is 0 Å². The lowest BCUT2D eigenvalue weighted by atomic mass is 10.2. The summed E-state index contributed by atoms with van der Waals surface area (Å²) in [5.41, 5.74) is 1.80. The lowest BCUT2D eigenvalue weighted by Crippen LogP contribution is -2.18. The number of ether oxygens (including phenoxy) is 1. The maximum atomic E-state index is 12.3. The monoisotopic (exact) mass is 323 g/mol. The summed E-state index contributed by atoms with van der Waals surface area (Å²) in [7, 11) is 0. The largest absolute Gasteiger partial charge is 0.358 e. The summed E-state index contributed by atoms with van der Waals surface area (Å²) in [4.78, 5) is 25.2. The third-order valence-electron chi connectivity index (χ3n) is 4.09. The highest BCUT2D eigenvalue weighted by Gasteiger charge is 2.20. The van der Waals surface area contributed by atoms with Crippen molar-refractivity contribution >= 4 is 22.9 Å². The van der Waals surface area contributed by atoms with Crippen LogP contribution in [-0.4, -0.2) is 32.0 Å². The minimum Gasteiger partial charge on any atom is -0.358 e. The quantitative estimate of drug-likeness (QED) is 0.801. The number of anilines is 1. The Balaban J connectivity index is 1.65. The molecular weight excluding hydrogens is 306 g/mol. The molecule has 3 aromatic rings. The van der Waals surface area contributed by atoms with E-state index >= 15 is 0 Å². The van der Waals surface area contributed by atoms with E-state index in [9.17, 15) is 4.79 Å². The van der Waals surface area contributed by atoms with E-state index in [0.29, 0.717) is 22.5 Å². The molecule has 0 bridgehead atoms. The molecule has 3 heterocycles. The fraction of sp³-hybridized carbons (Fsp3) is 0.294. The molecule has 1 aliphatic rings. The van der Waals surface area contributed by atoms with Gasteiger partial charge >= 0.3 is 0 Å². The topological polar surface area (TPSA) is 81.9 Å². The molecule has 7 nitrogen and oxygen atoms in total. The first kappa shape index (κ1) is 14.8. The van der Waals surface area contributed by atoms with Crippen molar-refractivity contribution in [3.8, 4) is 0 Å². The van der Waals surface area contributed by atoms with Crippen molar-refractivity contribution in [3.05, 3.63) is 48.5 Å². The van der Waals surface area contributed by atoms with Gasteiger partial charge < -0.3 is 10.1 Å². The van der Waals surface area contributed by atoms with Gasteiger partial charge in [-0.05, 0) is 31.4 Å². The van der Waals surface area contributed by atoms with Gasteiger partial charge in [-0.15, -0.1) is 0 Å². The molecule has 1 N–H and O–H groups in total. The number of benzene rings is 1. The van der Waals surface area contributed by atoms with Crippen LogP contribution in [0.15, 0.2) is 43.0 Å². The molecule has 24 heavy (non-hydrogen) atoms. The normalized spacial score (nSPS) is 17.8. The van der Waals surface area contributed by atoms with Gasteiger partial charge in [0.25, 0.3) is 5.91 Å². The molecular formula is C17H17N5O2. The molecule has 0 spiro atoms. The Morgan fingerprint density at radius 3 is 2.83 bits per heavy atom. The number of aromatic nitrogens is 4. The molecule has 0 radical (unpaired) electrons. The molecule has 1 aliphatic heterocycles. The summed E-state index contributed by atoms with van der Waals surface area (Å²) in [6.07, 6.45) is 6.21. The SMILES string of the molecule is O=C(Nc1ncnc2c1ncn2C1CCCCO1)c1ccccc1. The summed E-state index contributed by atoms with van der Waals surface area (Å²) in [6.45, 7) is 0.743. The molecule has 1 fully saturated rings. The van der Waals surface area contributed by atoms with Crippen LogP contribution in [0.1, 0.15) is 35.8 Å². The number of imidazole rings is 1. The molecule has 0 saturated carbocycles. The number of amides is 1. The van der Waals surface area contributed by atoms with E-state index in [1.165, 1.54) is 6.33 Å². The number of fused-ring (bicyclic) bond motifs is 1. The average molecular weight is 323 g/mol. The number of nitrogens with one attached hydrogen (secondary N) is 1. The van der Waals surface area contributed by atoms with Crippen LogP contribution < -0.4 is 5.32 Å². The zero-order valence-corrected chi connectivity index (χ0v) is 13.1. The number of carbonyl (C=O) groups excluding carboxylic acids is 1. The number of hydrogen-bond acceptors (Lipinski definition) is 5. The predicted molar refractivity (Wildman–Crippen MR) is 88.6 cm³/mol. The number of rotatable bonds is 3. The zero-order chi connectivity index (χ0) is 16.4. The van der Waals surface area contributed by atoms with E-state index in [-0.39, 0.29) is 12.1 Å². The van der Waals surface area contributed by atoms with E-state index in [4.69, 9.17) is 4.74 Å². The van der Waals surface area contributed by atoms with Gasteiger partial charge in [-0.1, -0.05) is 18.2 Å². The maximum Gasteiger partial charge on any atom is 0.256 e.